The predicted octanol–water partition coefficient (Wildman–Crippen LogP) is 4.32. The third-order valence-electron chi connectivity index (χ3n) is 5.85. The van der Waals surface area contributed by atoms with Crippen LogP contribution in [0.1, 0.15) is 62.2 Å². The molecule has 2 heterocycles. The zero-order valence-electron chi connectivity index (χ0n) is 19.5. The predicted molar refractivity (Wildman–Crippen MR) is 128 cm³/mol. The summed E-state index contributed by atoms with van der Waals surface area (Å²) in [6.07, 6.45) is -0.0296. The smallest absolute Gasteiger partial charge is 0.410 e. The molecule has 1 unspecified atom stereocenters. The third-order valence-corrected chi connectivity index (χ3v) is 5.85. The molecule has 4 rings (SSSR count). The summed E-state index contributed by atoms with van der Waals surface area (Å²) in [6, 6.07) is 18.8. The first-order valence-electron chi connectivity index (χ1n) is 11.2. The minimum atomic E-state index is -0.606. The fraction of sp³-hybridized carbons (Fsp3) is 0.346. The van der Waals surface area contributed by atoms with Gasteiger partial charge in [-0.05, 0) is 45.2 Å². The number of fused-ring (bicyclic) bond motifs is 1. The van der Waals surface area contributed by atoms with E-state index in [0.29, 0.717) is 24.2 Å². The maximum absolute atomic E-state index is 13.8. The second-order valence-electron chi connectivity index (χ2n) is 9.33. The zero-order chi connectivity index (χ0) is 23.8. The van der Waals surface area contributed by atoms with Crippen LogP contribution in [0.3, 0.4) is 0 Å². The molecule has 2 N–H and O–H groups in total. The summed E-state index contributed by atoms with van der Waals surface area (Å²) >= 11 is 0. The molecule has 1 aliphatic heterocycles. The van der Waals surface area contributed by atoms with Crippen LogP contribution in [0.25, 0.3) is 0 Å². The van der Waals surface area contributed by atoms with Crippen LogP contribution in [0.2, 0.25) is 0 Å². The van der Waals surface area contributed by atoms with Gasteiger partial charge in [0.15, 0.2) is 0 Å². The van der Waals surface area contributed by atoms with Gasteiger partial charge in [-0.15, -0.1) is 0 Å². The molecule has 1 aromatic heterocycles. The van der Waals surface area contributed by atoms with Crippen molar-refractivity contribution in [1.82, 2.24) is 14.5 Å². The van der Waals surface area contributed by atoms with Crippen molar-refractivity contribution in [3.05, 3.63) is 93.4 Å². The van der Waals surface area contributed by atoms with Crippen LogP contribution in [0.5, 0.6) is 0 Å². The Labute approximate surface area is 193 Å². The van der Waals surface area contributed by atoms with Crippen LogP contribution in [0.15, 0.2) is 65.5 Å². The number of carbonyl (C=O) groups excluding carboxylic acids is 1. The van der Waals surface area contributed by atoms with Gasteiger partial charge in [-0.1, -0.05) is 60.7 Å². The number of nitrogens with two attached hydrogens (primary N) is 1. The van der Waals surface area contributed by atoms with Crippen molar-refractivity contribution in [1.29, 1.82) is 0 Å². The second-order valence-corrected chi connectivity index (χ2v) is 9.33. The molecule has 7 nitrogen and oxygen atoms in total. The maximum Gasteiger partial charge on any atom is 0.410 e. The average molecular weight is 447 g/mol. The van der Waals surface area contributed by atoms with Crippen molar-refractivity contribution in [2.75, 3.05) is 12.3 Å². The Morgan fingerprint density at radius 3 is 2.12 bits per heavy atom. The SMILES string of the molecule is CC1c2nc(N)n(C(c3ccccc3)c3ccccc3)c(=O)c2CCN1C(=O)OC(C)(C)C. The van der Waals surface area contributed by atoms with Crippen molar-refractivity contribution in [3.63, 3.8) is 0 Å². The van der Waals surface area contributed by atoms with Crippen LogP contribution >= 0.6 is 0 Å². The minimum absolute atomic E-state index is 0.120. The van der Waals surface area contributed by atoms with Crippen LogP contribution < -0.4 is 11.3 Å². The molecule has 0 bridgehead atoms. The van der Waals surface area contributed by atoms with E-state index in [1.165, 1.54) is 0 Å². The number of hydrogen-bond acceptors (Lipinski definition) is 5. The van der Waals surface area contributed by atoms with E-state index in [2.05, 4.69) is 4.98 Å². The van der Waals surface area contributed by atoms with Gasteiger partial charge in [0.05, 0.1) is 17.8 Å². The minimum Gasteiger partial charge on any atom is -0.444 e. The number of nitrogens with zero attached hydrogens (tertiary/aromatic N) is 3. The summed E-state index contributed by atoms with van der Waals surface area (Å²) < 4.78 is 7.11. The molecule has 0 saturated carbocycles. The van der Waals surface area contributed by atoms with Gasteiger partial charge in [-0.25, -0.2) is 9.78 Å². The number of aromatic nitrogens is 2. The quantitative estimate of drug-likeness (QED) is 0.647. The highest BCUT2D eigenvalue weighted by atomic mass is 16.6. The first-order chi connectivity index (χ1) is 15.7. The number of amides is 1. The van der Waals surface area contributed by atoms with Gasteiger partial charge in [-0.2, -0.15) is 0 Å². The zero-order valence-corrected chi connectivity index (χ0v) is 19.5. The van der Waals surface area contributed by atoms with Gasteiger partial charge in [0.2, 0.25) is 5.95 Å². The normalized spacial score (nSPS) is 15.9. The van der Waals surface area contributed by atoms with E-state index >= 15 is 0 Å². The fourth-order valence-corrected chi connectivity index (χ4v) is 4.34. The lowest BCUT2D eigenvalue weighted by atomic mass is 9.96. The summed E-state index contributed by atoms with van der Waals surface area (Å²) in [5.41, 5.74) is 8.65. The van der Waals surface area contributed by atoms with Crippen molar-refractivity contribution in [2.45, 2.75) is 51.8 Å². The lowest BCUT2D eigenvalue weighted by Gasteiger charge is -2.36. The molecule has 7 heteroatoms. The molecule has 0 spiro atoms. The highest BCUT2D eigenvalue weighted by Crippen LogP contribution is 2.32. The second kappa shape index (κ2) is 8.73. The molecule has 0 fully saturated rings. The lowest BCUT2D eigenvalue weighted by Crippen LogP contribution is -2.45. The lowest BCUT2D eigenvalue weighted by molar-refractivity contribution is 0.0154. The number of benzene rings is 2. The van der Waals surface area contributed by atoms with Crippen molar-refractivity contribution in [3.8, 4) is 0 Å². The average Bonchev–Trinajstić information content (AvgIpc) is 2.77. The number of hydrogen-bond donors (Lipinski definition) is 1. The van der Waals surface area contributed by atoms with E-state index in [1.807, 2.05) is 88.4 Å². The molecule has 1 aliphatic rings. The van der Waals surface area contributed by atoms with Crippen LogP contribution in [0, 0.1) is 0 Å². The van der Waals surface area contributed by atoms with Gasteiger partial charge in [0.1, 0.15) is 5.60 Å². The monoisotopic (exact) mass is 446 g/mol. The van der Waals surface area contributed by atoms with E-state index < -0.39 is 23.8 Å². The summed E-state index contributed by atoms with van der Waals surface area (Å²) in [6.45, 7) is 7.72. The Kier molecular flexibility index (Phi) is 5.97. The fourth-order valence-electron chi connectivity index (χ4n) is 4.34. The van der Waals surface area contributed by atoms with E-state index in [-0.39, 0.29) is 11.5 Å². The summed E-state index contributed by atoms with van der Waals surface area (Å²) in [7, 11) is 0. The largest absolute Gasteiger partial charge is 0.444 e. The Bertz CT molecular complexity index is 1160. The summed E-state index contributed by atoms with van der Waals surface area (Å²) in [5.74, 6) is 0.120. The first-order valence-corrected chi connectivity index (χ1v) is 11.2. The van der Waals surface area contributed by atoms with E-state index in [0.717, 1.165) is 11.1 Å². The molecule has 1 amide bonds. The Hall–Kier alpha value is -3.61. The molecule has 33 heavy (non-hydrogen) atoms. The van der Waals surface area contributed by atoms with Gasteiger partial charge in [0.25, 0.3) is 5.56 Å². The molecular weight excluding hydrogens is 416 g/mol. The number of ether oxygens (including phenoxy) is 1. The topological polar surface area (TPSA) is 90.5 Å². The highest BCUT2D eigenvalue weighted by Gasteiger charge is 2.35. The molecular formula is C26H30N4O3. The summed E-state index contributed by atoms with van der Waals surface area (Å²) in [4.78, 5) is 32.7. The van der Waals surface area contributed by atoms with E-state index in [1.54, 1.807) is 9.47 Å². The van der Waals surface area contributed by atoms with E-state index in [4.69, 9.17) is 10.5 Å². The number of carbonyl (C=O) groups is 1. The van der Waals surface area contributed by atoms with Crippen LogP contribution in [-0.4, -0.2) is 32.7 Å². The first kappa shape index (κ1) is 22.6. The Balaban J connectivity index is 1.80. The van der Waals surface area contributed by atoms with Gasteiger partial charge in [-0.3, -0.25) is 14.3 Å². The van der Waals surface area contributed by atoms with Crippen molar-refractivity contribution < 1.29 is 9.53 Å². The standard InChI is InChI=1S/C26H30N4O3/c1-17-21-20(15-16-29(17)25(32)33-26(2,3)4)23(31)30(24(27)28-21)22(18-11-7-5-8-12-18)19-13-9-6-10-14-19/h5-14,17,22H,15-16H2,1-4H3,(H2,27,28). The van der Waals surface area contributed by atoms with Crippen molar-refractivity contribution in [2.24, 2.45) is 0 Å². The summed E-state index contributed by atoms with van der Waals surface area (Å²) in [5, 5.41) is 0. The molecule has 3 aromatic rings. The van der Waals surface area contributed by atoms with Gasteiger partial charge >= 0.3 is 6.09 Å². The van der Waals surface area contributed by atoms with E-state index in [9.17, 15) is 9.59 Å². The van der Waals surface area contributed by atoms with Crippen LogP contribution in [-0.2, 0) is 11.2 Å². The third kappa shape index (κ3) is 4.49. The maximum atomic E-state index is 13.8. The van der Waals surface area contributed by atoms with Gasteiger partial charge < -0.3 is 10.5 Å². The highest BCUT2D eigenvalue weighted by molar-refractivity contribution is 5.69. The molecule has 0 aliphatic carbocycles. The number of nitrogen functional groups attached to an aromatic ring is 1. The Morgan fingerprint density at radius 2 is 1.61 bits per heavy atom. The molecule has 172 valence electrons. The molecule has 2 aromatic carbocycles. The molecule has 1 atom stereocenters. The van der Waals surface area contributed by atoms with Crippen LogP contribution in [0.4, 0.5) is 10.7 Å². The molecule has 0 saturated heterocycles. The molecule has 0 radical (unpaired) electrons. The van der Waals surface area contributed by atoms with Crippen molar-refractivity contribution >= 4 is 12.0 Å². The number of anilines is 1. The Morgan fingerprint density at radius 1 is 1.06 bits per heavy atom. The number of rotatable bonds is 3. The van der Waals surface area contributed by atoms with Gasteiger partial charge in [0, 0.05) is 12.1 Å².